The number of aliphatic hydroxyl groups is 1. The Hall–Kier alpha value is -3.24. The normalized spacial score (nSPS) is 15.6. The van der Waals surface area contributed by atoms with Crippen LogP contribution in [0.2, 0.25) is 0 Å². The Labute approximate surface area is 227 Å². The Morgan fingerprint density at radius 2 is 1.61 bits per heavy atom. The second kappa shape index (κ2) is 11.7. The lowest BCUT2D eigenvalue weighted by Gasteiger charge is -2.34. The fourth-order valence-electron chi connectivity index (χ4n) is 6.16. The molecule has 0 atom stereocenters. The fraction of sp³-hybridized carbons (Fsp3) is 0.412. The first-order valence-corrected chi connectivity index (χ1v) is 14.0. The van der Waals surface area contributed by atoms with E-state index in [0.717, 1.165) is 60.8 Å². The molecule has 4 heteroatoms. The van der Waals surface area contributed by atoms with Gasteiger partial charge in [-0.25, -0.2) is 0 Å². The van der Waals surface area contributed by atoms with Gasteiger partial charge >= 0.3 is 5.97 Å². The van der Waals surface area contributed by atoms with Gasteiger partial charge in [-0.1, -0.05) is 81.7 Å². The number of carboxylic acid groups (broad SMARTS) is 1. The summed E-state index contributed by atoms with van der Waals surface area (Å²) in [4.78, 5) is 15.5. The smallest absolute Gasteiger partial charge is 0.307 e. The van der Waals surface area contributed by atoms with Crippen LogP contribution in [0.1, 0.15) is 92.2 Å². The number of carbonyl (C=O) groups is 1. The Balaban J connectivity index is 1.65. The molecule has 38 heavy (non-hydrogen) atoms. The standard InChI is InChI=1S/C34H41NO3/c1-5-34(6-2,29-11-10-27(24(3)18-29)14-17-33(38)15-8-7-9-16-33)30-12-13-31(25(4)19-30)28-20-26(21-32(36)37)22-35-23-28/h10-14,17-20,22-23,38H,5-9,15-16,21H2,1-4H3,(H,36,37). The van der Waals surface area contributed by atoms with E-state index >= 15 is 0 Å². The second-order valence-electron chi connectivity index (χ2n) is 11.0. The van der Waals surface area contributed by atoms with Gasteiger partial charge in [-0.15, -0.1) is 0 Å². The van der Waals surface area contributed by atoms with Crippen LogP contribution in [0.4, 0.5) is 0 Å². The quantitative estimate of drug-likeness (QED) is 0.307. The van der Waals surface area contributed by atoms with Crippen LogP contribution in [0.3, 0.4) is 0 Å². The highest BCUT2D eigenvalue weighted by molar-refractivity contribution is 5.73. The van der Waals surface area contributed by atoms with Crippen LogP contribution >= 0.6 is 0 Å². The fourth-order valence-corrected chi connectivity index (χ4v) is 6.16. The highest BCUT2D eigenvalue weighted by Gasteiger charge is 2.31. The van der Waals surface area contributed by atoms with Crippen LogP contribution in [-0.4, -0.2) is 26.8 Å². The Kier molecular flexibility index (Phi) is 8.52. The van der Waals surface area contributed by atoms with E-state index in [4.69, 9.17) is 5.11 Å². The predicted molar refractivity (Wildman–Crippen MR) is 155 cm³/mol. The van der Waals surface area contributed by atoms with Crippen LogP contribution in [0, 0.1) is 13.8 Å². The third kappa shape index (κ3) is 5.91. The molecule has 0 saturated heterocycles. The van der Waals surface area contributed by atoms with Crippen LogP contribution in [-0.2, 0) is 16.6 Å². The van der Waals surface area contributed by atoms with Gasteiger partial charge in [0.2, 0.25) is 0 Å². The molecule has 0 bridgehead atoms. The van der Waals surface area contributed by atoms with Gasteiger partial charge < -0.3 is 10.2 Å². The Morgan fingerprint density at radius 3 is 2.21 bits per heavy atom. The van der Waals surface area contributed by atoms with E-state index in [1.54, 1.807) is 12.4 Å². The summed E-state index contributed by atoms with van der Waals surface area (Å²) in [6.07, 6.45) is 14.6. The number of carboxylic acids is 1. The van der Waals surface area contributed by atoms with Crippen molar-refractivity contribution in [3.63, 3.8) is 0 Å². The minimum atomic E-state index is -0.853. The third-order valence-corrected chi connectivity index (χ3v) is 8.56. The molecular weight excluding hydrogens is 470 g/mol. The summed E-state index contributed by atoms with van der Waals surface area (Å²) in [5, 5.41) is 20.1. The molecule has 1 aromatic heterocycles. The maximum atomic E-state index is 11.2. The largest absolute Gasteiger partial charge is 0.481 e. The maximum Gasteiger partial charge on any atom is 0.307 e. The number of benzene rings is 2. The number of rotatable bonds is 9. The molecule has 0 aliphatic heterocycles. The number of hydrogen-bond acceptors (Lipinski definition) is 3. The molecule has 1 heterocycles. The molecule has 4 rings (SSSR count). The lowest BCUT2D eigenvalue weighted by molar-refractivity contribution is -0.136. The first-order chi connectivity index (χ1) is 18.2. The zero-order valence-corrected chi connectivity index (χ0v) is 23.3. The molecule has 4 nitrogen and oxygen atoms in total. The van der Waals surface area contributed by atoms with Crippen molar-refractivity contribution < 1.29 is 15.0 Å². The summed E-state index contributed by atoms with van der Waals surface area (Å²) in [6.45, 7) is 8.80. The summed E-state index contributed by atoms with van der Waals surface area (Å²) in [6, 6.07) is 15.4. The maximum absolute atomic E-state index is 11.2. The number of aromatic nitrogens is 1. The topological polar surface area (TPSA) is 70.4 Å². The molecule has 1 aliphatic carbocycles. The summed E-state index contributed by atoms with van der Waals surface area (Å²) < 4.78 is 0. The van der Waals surface area contributed by atoms with Gasteiger partial charge in [0, 0.05) is 23.4 Å². The molecule has 3 aromatic rings. The van der Waals surface area contributed by atoms with Crippen molar-refractivity contribution in [3.05, 3.63) is 94.3 Å². The first kappa shape index (κ1) is 27.8. The predicted octanol–water partition coefficient (Wildman–Crippen LogP) is 7.81. The summed E-state index contributed by atoms with van der Waals surface area (Å²) in [7, 11) is 0. The van der Waals surface area contributed by atoms with Gasteiger partial charge in [-0.3, -0.25) is 9.78 Å². The molecule has 0 unspecified atom stereocenters. The van der Waals surface area contributed by atoms with Crippen molar-refractivity contribution in [2.45, 2.75) is 90.1 Å². The third-order valence-electron chi connectivity index (χ3n) is 8.56. The number of hydrogen-bond donors (Lipinski definition) is 2. The van der Waals surface area contributed by atoms with Gasteiger partial charge in [0.05, 0.1) is 12.0 Å². The summed E-state index contributed by atoms with van der Waals surface area (Å²) in [5.41, 5.74) is 8.08. The van der Waals surface area contributed by atoms with E-state index in [2.05, 4.69) is 75.2 Å². The average molecular weight is 512 g/mol. The summed E-state index contributed by atoms with van der Waals surface area (Å²) >= 11 is 0. The Morgan fingerprint density at radius 1 is 0.947 bits per heavy atom. The van der Waals surface area contributed by atoms with Crippen molar-refractivity contribution in [3.8, 4) is 11.1 Å². The van der Waals surface area contributed by atoms with Crippen molar-refractivity contribution in [1.82, 2.24) is 4.98 Å². The number of aryl methyl sites for hydroxylation is 2. The number of nitrogens with zero attached hydrogens (tertiary/aromatic N) is 1. The minimum Gasteiger partial charge on any atom is -0.481 e. The average Bonchev–Trinajstić information content (AvgIpc) is 2.89. The van der Waals surface area contributed by atoms with E-state index in [0.29, 0.717) is 5.56 Å². The molecule has 0 spiro atoms. The van der Waals surface area contributed by atoms with E-state index in [9.17, 15) is 9.90 Å². The van der Waals surface area contributed by atoms with Crippen molar-refractivity contribution in [2.24, 2.45) is 0 Å². The zero-order valence-electron chi connectivity index (χ0n) is 23.3. The van der Waals surface area contributed by atoms with Gasteiger partial charge in [0.1, 0.15) is 0 Å². The lowest BCUT2D eigenvalue weighted by Crippen LogP contribution is -2.28. The van der Waals surface area contributed by atoms with Crippen LogP contribution in [0.5, 0.6) is 0 Å². The van der Waals surface area contributed by atoms with Gasteiger partial charge in [-0.2, -0.15) is 0 Å². The number of pyridine rings is 1. The van der Waals surface area contributed by atoms with E-state index in [1.807, 2.05) is 12.1 Å². The van der Waals surface area contributed by atoms with E-state index < -0.39 is 11.6 Å². The molecule has 1 aliphatic rings. The molecule has 1 saturated carbocycles. The van der Waals surface area contributed by atoms with Crippen molar-refractivity contribution in [2.75, 3.05) is 0 Å². The van der Waals surface area contributed by atoms with Gasteiger partial charge in [-0.05, 0) is 84.5 Å². The molecule has 2 aromatic carbocycles. The van der Waals surface area contributed by atoms with Crippen molar-refractivity contribution >= 4 is 12.0 Å². The second-order valence-corrected chi connectivity index (χ2v) is 11.0. The highest BCUT2D eigenvalue weighted by atomic mass is 16.4. The Bertz CT molecular complexity index is 1310. The zero-order chi connectivity index (χ0) is 27.3. The van der Waals surface area contributed by atoms with E-state index in [1.165, 1.54) is 23.1 Å². The minimum absolute atomic E-state index is 0.0312. The van der Waals surface area contributed by atoms with Crippen LogP contribution in [0.25, 0.3) is 17.2 Å². The van der Waals surface area contributed by atoms with Gasteiger partial charge in [0.15, 0.2) is 0 Å². The monoisotopic (exact) mass is 511 g/mol. The SMILES string of the molecule is CCC(CC)(c1ccc(C=CC2(O)CCCCC2)c(C)c1)c1ccc(-c2cncc(CC(=O)O)c2)c(C)c1. The highest BCUT2D eigenvalue weighted by Crippen LogP contribution is 2.41. The summed E-state index contributed by atoms with van der Waals surface area (Å²) in [5.74, 6) is -0.853. The molecule has 0 radical (unpaired) electrons. The lowest BCUT2D eigenvalue weighted by atomic mass is 9.69. The van der Waals surface area contributed by atoms with Crippen LogP contribution in [0.15, 0.2) is 60.9 Å². The van der Waals surface area contributed by atoms with E-state index in [-0.39, 0.29) is 11.8 Å². The molecule has 1 fully saturated rings. The molecule has 200 valence electrons. The van der Waals surface area contributed by atoms with Crippen molar-refractivity contribution in [1.29, 1.82) is 0 Å². The first-order valence-electron chi connectivity index (χ1n) is 14.0. The number of aliphatic carboxylic acids is 1. The molecule has 2 N–H and O–H groups in total. The molecule has 0 amide bonds. The van der Waals surface area contributed by atoms with Gasteiger partial charge in [0.25, 0.3) is 0 Å². The van der Waals surface area contributed by atoms with Crippen LogP contribution < -0.4 is 0 Å². The molecular formula is C34H41NO3.